The average molecular weight is 232 g/mol. The molecule has 3 amide bonds. The molecule has 1 heterocycles. The van der Waals surface area contributed by atoms with Crippen molar-refractivity contribution in [3.63, 3.8) is 0 Å². The number of amides is 3. The largest absolute Gasteiger partial charge is 0.496 e. The van der Waals surface area contributed by atoms with Crippen LogP contribution in [-0.2, 0) is 4.79 Å². The van der Waals surface area contributed by atoms with E-state index in [0.717, 1.165) is 5.56 Å². The Bertz CT molecular complexity index is 508. The van der Waals surface area contributed by atoms with Gasteiger partial charge >= 0.3 is 6.03 Å². The highest BCUT2D eigenvalue weighted by Crippen LogP contribution is 2.22. The smallest absolute Gasteiger partial charge is 0.328 e. The predicted molar refractivity (Wildman–Crippen MR) is 62.3 cm³/mol. The molecule has 0 aliphatic carbocycles. The van der Waals surface area contributed by atoms with Crippen LogP contribution in [0.25, 0.3) is 6.08 Å². The summed E-state index contributed by atoms with van der Waals surface area (Å²) in [7, 11) is 3.10. The molecule has 0 saturated carbocycles. The number of hydrogen-bond donors (Lipinski definition) is 1. The van der Waals surface area contributed by atoms with Gasteiger partial charge in [-0.1, -0.05) is 18.2 Å². The lowest BCUT2D eigenvalue weighted by atomic mass is 10.1. The van der Waals surface area contributed by atoms with E-state index in [0.29, 0.717) is 11.4 Å². The van der Waals surface area contributed by atoms with Crippen molar-refractivity contribution in [2.45, 2.75) is 0 Å². The van der Waals surface area contributed by atoms with Crippen molar-refractivity contribution in [1.29, 1.82) is 0 Å². The molecule has 88 valence electrons. The molecule has 0 unspecified atom stereocenters. The SMILES string of the molecule is COc1ccccc1C=C1C(=O)NC(=O)N1C. The summed E-state index contributed by atoms with van der Waals surface area (Å²) in [5, 5.41) is 2.21. The summed E-state index contributed by atoms with van der Waals surface area (Å²) in [4.78, 5) is 24.1. The minimum Gasteiger partial charge on any atom is -0.496 e. The van der Waals surface area contributed by atoms with Gasteiger partial charge in [-0.15, -0.1) is 0 Å². The van der Waals surface area contributed by atoms with Gasteiger partial charge < -0.3 is 4.74 Å². The summed E-state index contributed by atoms with van der Waals surface area (Å²) < 4.78 is 5.17. The number of carbonyl (C=O) groups excluding carboxylic acids is 2. The molecule has 0 aromatic heterocycles. The molecule has 1 aromatic carbocycles. The fourth-order valence-electron chi connectivity index (χ4n) is 1.60. The number of carbonyl (C=O) groups is 2. The summed E-state index contributed by atoms with van der Waals surface area (Å²) in [5.74, 6) is 0.254. The highest BCUT2D eigenvalue weighted by Gasteiger charge is 2.29. The second kappa shape index (κ2) is 4.29. The Balaban J connectivity index is 2.42. The molecule has 0 atom stereocenters. The van der Waals surface area contributed by atoms with E-state index in [4.69, 9.17) is 4.74 Å². The summed E-state index contributed by atoms with van der Waals surface area (Å²) in [5.41, 5.74) is 1.06. The lowest BCUT2D eigenvalue weighted by Gasteiger charge is -2.08. The molecular weight excluding hydrogens is 220 g/mol. The maximum atomic E-state index is 11.5. The van der Waals surface area contributed by atoms with Gasteiger partial charge in [0.1, 0.15) is 11.4 Å². The second-order valence-electron chi connectivity index (χ2n) is 3.59. The van der Waals surface area contributed by atoms with Gasteiger partial charge in [0, 0.05) is 12.6 Å². The van der Waals surface area contributed by atoms with E-state index in [9.17, 15) is 9.59 Å². The Kier molecular flexibility index (Phi) is 2.82. The zero-order valence-corrected chi connectivity index (χ0v) is 9.56. The fraction of sp³-hybridized carbons (Fsp3) is 0.167. The van der Waals surface area contributed by atoms with Gasteiger partial charge in [0.15, 0.2) is 0 Å². The van der Waals surface area contributed by atoms with Crippen molar-refractivity contribution in [3.05, 3.63) is 35.5 Å². The van der Waals surface area contributed by atoms with Gasteiger partial charge in [-0.05, 0) is 12.1 Å². The molecule has 5 nitrogen and oxygen atoms in total. The molecule has 1 fully saturated rings. The number of methoxy groups -OCH3 is 1. The fourth-order valence-corrected chi connectivity index (χ4v) is 1.60. The number of rotatable bonds is 2. The van der Waals surface area contributed by atoms with E-state index in [-0.39, 0.29) is 0 Å². The zero-order valence-electron chi connectivity index (χ0n) is 9.56. The normalized spacial score (nSPS) is 17.5. The van der Waals surface area contributed by atoms with Crippen LogP contribution in [0.15, 0.2) is 30.0 Å². The Hall–Kier alpha value is -2.30. The molecule has 1 saturated heterocycles. The quantitative estimate of drug-likeness (QED) is 0.616. The van der Waals surface area contributed by atoms with Crippen LogP contribution in [0.3, 0.4) is 0 Å². The van der Waals surface area contributed by atoms with Crippen LogP contribution in [-0.4, -0.2) is 31.0 Å². The third-order valence-corrected chi connectivity index (χ3v) is 2.55. The molecule has 0 radical (unpaired) electrons. The van der Waals surface area contributed by atoms with Gasteiger partial charge in [-0.3, -0.25) is 15.0 Å². The van der Waals surface area contributed by atoms with E-state index < -0.39 is 11.9 Å². The Morgan fingerprint density at radius 3 is 2.59 bits per heavy atom. The molecular formula is C12H12N2O3. The van der Waals surface area contributed by atoms with Crippen molar-refractivity contribution in [2.75, 3.05) is 14.2 Å². The Labute approximate surface area is 98.7 Å². The summed E-state index contributed by atoms with van der Waals surface area (Å²) in [6.45, 7) is 0. The number of imide groups is 1. The van der Waals surface area contributed by atoms with Crippen molar-refractivity contribution >= 4 is 18.0 Å². The first-order chi connectivity index (χ1) is 8.13. The van der Waals surface area contributed by atoms with E-state index in [1.54, 1.807) is 26.3 Å². The highest BCUT2D eigenvalue weighted by molar-refractivity contribution is 6.13. The number of nitrogens with one attached hydrogen (secondary N) is 1. The third kappa shape index (κ3) is 1.99. The molecule has 2 rings (SSSR count). The van der Waals surface area contributed by atoms with Crippen molar-refractivity contribution in [1.82, 2.24) is 10.2 Å². The maximum absolute atomic E-state index is 11.5. The first-order valence-corrected chi connectivity index (χ1v) is 5.07. The molecule has 1 aliphatic rings. The van der Waals surface area contributed by atoms with Crippen molar-refractivity contribution < 1.29 is 14.3 Å². The van der Waals surface area contributed by atoms with E-state index in [2.05, 4.69) is 5.32 Å². The molecule has 5 heteroatoms. The van der Waals surface area contributed by atoms with Crippen LogP contribution in [0.4, 0.5) is 4.79 Å². The standard InChI is InChI=1S/C12H12N2O3/c1-14-9(11(15)13-12(14)16)7-8-5-3-4-6-10(8)17-2/h3-7H,1-2H3,(H,13,15,16). The lowest BCUT2D eigenvalue weighted by molar-refractivity contribution is -0.115. The topological polar surface area (TPSA) is 58.6 Å². The van der Waals surface area contributed by atoms with Gasteiger partial charge in [0.25, 0.3) is 5.91 Å². The molecule has 17 heavy (non-hydrogen) atoms. The minimum absolute atomic E-state index is 0.305. The molecule has 0 spiro atoms. The Morgan fingerprint density at radius 2 is 2.00 bits per heavy atom. The third-order valence-electron chi connectivity index (χ3n) is 2.55. The van der Waals surface area contributed by atoms with Gasteiger partial charge in [0.05, 0.1) is 7.11 Å². The van der Waals surface area contributed by atoms with Crippen LogP contribution in [0.2, 0.25) is 0 Å². The molecule has 1 N–H and O–H groups in total. The van der Waals surface area contributed by atoms with Gasteiger partial charge in [-0.2, -0.15) is 0 Å². The van der Waals surface area contributed by atoms with Crippen LogP contribution < -0.4 is 10.1 Å². The number of likely N-dealkylation sites (N-methyl/N-ethyl adjacent to an activating group) is 1. The number of hydrogen-bond acceptors (Lipinski definition) is 3. The number of ether oxygens (including phenoxy) is 1. The molecule has 1 aromatic rings. The Morgan fingerprint density at radius 1 is 1.29 bits per heavy atom. The minimum atomic E-state index is -0.420. The van der Waals surface area contributed by atoms with Crippen LogP contribution in [0.5, 0.6) is 5.75 Å². The maximum Gasteiger partial charge on any atom is 0.328 e. The summed E-state index contributed by atoms with van der Waals surface area (Å²) in [6.07, 6.45) is 1.62. The summed E-state index contributed by atoms with van der Waals surface area (Å²) >= 11 is 0. The van der Waals surface area contributed by atoms with Crippen LogP contribution in [0, 0.1) is 0 Å². The average Bonchev–Trinajstić information content (AvgIpc) is 2.57. The summed E-state index contributed by atoms with van der Waals surface area (Å²) in [6, 6.07) is 6.86. The van der Waals surface area contributed by atoms with Crippen LogP contribution in [0.1, 0.15) is 5.56 Å². The number of benzene rings is 1. The molecule has 1 aliphatic heterocycles. The van der Waals surface area contributed by atoms with E-state index in [1.807, 2.05) is 18.2 Å². The van der Waals surface area contributed by atoms with Gasteiger partial charge in [-0.25, -0.2) is 4.79 Å². The van der Waals surface area contributed by atoms with Crippen molar-refractivity contribution in [2.24, 2.45) is 0 Å². The highest BCUT2D eigenvalue weighted by atomic mass is 16.5. The predicted octanol–water partition coefficient (Wildman–Crippen LogP) is 1.22. The first kappa shape index (κ1) is 11.2. The second-order valence-corrected chi connectivity index (χ2v) is 3.59. The van der Waals surface area contributed by atoms with Crippen LogP contribution >= 0.6 is 0 Å². The van der Waals surface area contributed by atoms with Gasteiger partial charge in [0.2, 0.25) is 0 Å². The van der Waals surface area contributed by atoms with Crippen molar-refractivity contribution in [3.8, 4) is 5.75 Å². The first-order valence-electron chi connectivity index (χ1n) is 5.07. The zero-order chi connectivity index (χ0) is 12.4. The monoisotopic (exact) mass is 232 g/mol. The number of nitrogens with zero attached hydrogens (tertiary/aromatic N) is 1. The number of para-hydroxylation sites is 1. The number of urea groups is 1. The van der Waals surface area contributed by atoms with E-state index >= 15 is 0 Å². The molecule has 0 bridgehead atoms. The van der Waals surface area contributed by atoms with E-state index in [1.165, 1.54) is 4.90 Å². The lowest BCUT2D eigenvalue weighted by Crippen LogP contribution is -2.24.